The van der Waals surface area contributed by atoms with Crippen LogP contribution < -0.4 is 4.90 Å². The molecule has 0 aliphatic heterocycles. The molecule has 58 heavy (non-hydrogen) atoms. The third kappa shape index (κ3) is 4.99. The molecular weight excluding hydrogens is 725 g/mol. The summed E-state index contributed by atoms with van der Waals surface area (Å²) in [7, 11) is 0. The van der Waals surface area contributed by atoms with E-state index < -0.39 is 0 Å². The van der Waals surface area contributed by atoms with Crippen LogP contribution in [0.15, 0.2) is 211 Å². The van der Waals surface area contributed by atoms with Crippen molar-refractivity contribution in [2.45, 2.75) is 0 Å². The minimum atomic E-state index is 0.858. The lowest BCUT2D eigenvalue weighted by molar-refractivity contribution is 0.670. The Kier molecular flexibility index (Phi) is 7.40. The first-order chi connectivity index (χ1) is 28.8. The summed E-state index contributed by atoms with van der Waals surface area (Å²) in [5.74, 6) is 0. The molecule has 12 rings (SSSR count). The van der Waals surface area contributed by atoms with Crippen LogP contribution in [-0.2, 0) is 0 Å². The Morgan fingerprint density at radius 2 is 1.03 bits per heavy atom. The predicted molar refractivity (Wildman–Crippen MR) is 247 cm³/mol. The van der Waals surface area contributed by atoms with Crippen LogP contribution in [-0.4, -0.2) is 4.57 Å². The van der Waals surface area contributed by atoms with Gasteiger partial charge < -0.3 is 13.9 Å². The van der Waals surface area contributed by atoms with Crippen molar-refractivity contribution < 1.29 is 4.42 Å². The number of hydrogen-bond donors (Lipinski definition) is 0. The van der Waals surface area contributed by atoms with Gasteiger partial charge in [-0.1, -0.05) is 133 Å². The first-order valence-corrected chi connectivity index (χ1v) is 20.5. The number of rotatable bonds is 6. The maximum atomic E-state index is 7.01. The fraction of sp³-hybridized carbons (Fsp3) is 0. The lowest BCUT2D eigenvalue weighted by Gasteiger charge is -2.29. The average Bonchev–Trinajstić information content (AvgIpc) is 3.97. The summed E-state index contributed by atoms with van der Waals surface area (Å²) in [6.07, 6.45) is 0. The predicted octanol–water partition coefficient (Wildman–Crippen LogP) is 15.9. The molecular formula is C54H34N2OS. The molecule has 0 aliphatic rings. The Bertz CT molecular complexity index is 3480. The van der Waals surface area contributed by atoms with E-state index in [2.05, 4.69) is 216 Å². The van der Waals surface area contributed by atoms with Crippen LogP contribution in [0.2, 0.25) is 0 Å². The van der Waals surface area contributed by atoms with E-state index in [-0.39, 0.29) is 0 Å². The smallest absolute Gasteiger partial charge is 0.145 e. The zero-order valence-electron chi connectivity index (χ0n) is 31.3. The van der Waals surface area contributed by atoms with Crippen LogP contribution in [0.3, 0.4) is 0 Å². The minimum absolute atomic E-state index is 0.858. The molecule has 3 aromatic heterocycles. The van der Waals surface area contributed by atoms with Crippen LogP contribution in [0.4, 0.5) is 17.1 Å². The van der Waals surface area contributed by atoms with Crippen molar-refractivity contribution in [3.05, 3.63) is 206 Å². The summed E-state index contributed by atoms with van der Waals surface area (Å²) < 4.78 is 12.0. The average molecular weight is 759 g/mol. The van der Waals surface area contributed by atoms with Crippen molar-refractivity contribution in [2.24, 2.45) is 0 Å². The topological polar surface area (TPSA) is 21.3 Å². The molecule has 0 N–H and O–H groups in total. The second-order valence-electron chi connectivity index (χ2n) is 14.8. The van der Waals surface area contributed by atoms with E-state index in [9.17, 15) is 0 Å². The highest BCUT2D eigenvalue weighted by molar-refractivity contribution is 7.25. The van der Waals surface area contributed by atoms with Crippen LogP contribution in [0.5, 0.6) is 0 Å². The third-order valence-electron chi connectivity index (χ3n) is 11.6. The molecule has 0 fully saturated rings. The SMILES string of the molecule is c1ccc(N(c2ccccc2-c2ccc3sc4ccccc4c3c2)c2ccc(-c3ccccc3-n3c4ccccc4c4ccccc43)c3oc4ccccc4c23)cc1. The van der Waals surface area contributed by atoms with Crippen molar-refractivity contribution in [3.8, 4) is 27.9 Å². The summed E-state index contributed by atoms with van der Waals surface area (Å²) in [5, 5.41) is 7.20. The number of benzene rings is 9. The van der Waals surface area contributed by atoms with Crippen molar-refractivity contribution in [1.82, 2.24) is 4.57 Å². The van der Waals surface area contributed by atoms with Gasteiger partial charge in [0.1, 0.15) is 11.2 Å². The highest BCUT2D eigenvalue weighted by Gasteiger charge is 2.25. The largest absolute Gasteiger partial charge is 0.455 e. The van der Waals surface area contributed by atoms with Gasteiger partial charge in [0.05, 0.1) is 33.5 Å². The zero-order chi connectivity index (χ0) is 38.2. The van der Waals surface area contributed by atoms with E-state index in [4.69, 9.17) is 4.42 Å². The van der Waals surface area contributed by atoms with Gasteiger partial charge in [-0.2, -0.15) is 0 Å². The van der Waals surface area contributed by atoms with E-state index in [0.717, 1.165) is 61.4 Å². The van der Waals surface area contributed by atoms with Crippen LogP contribution in [0.1, 0.15) is 0 Å². The first kappa shape index (κ1) is 32.8. The fourth-order valence-corrected chi connectivity index (χ4v) is 10.2. The molecule has 0 aliphatic carbocycles. The van der Waals surface area contributed by atoms with Crippen LogP contribution in [0, 0.1) is 0 Å². The molecule has 3 nitrogen and oxygen atoms in total. The highest BCUT2D eigenvalue weighted by atomic mass is 32.1. The second kappa shape index (κ2) is 13.1. The number of anilines is 3. The molecule has 0 saturated heterocycles. The summed E-state index contributed by atoms with van der Waals surface area (Å²) in [6.45, 7) is 0. The number of fused-ring (bicyclic) bond motifs is 9. The lowest BCUT2D eigenvalue weighted by Crippen LogP contribution is -2.11. The van der Waals surface area contributed by atoms with E-state index in [0.29, 0.717) is 0 Å². The molecule has 4 heteroatoms. The van der Waals surface area contributed by atoms with Gasteiger partial charge >= 0.3 is 0 Å². The van der Waals surface area contributed by atoms with Crippen molar-refractivity contribution >= 4 is 92.3 Å². The normalized spacial score (nSPS) is 11.8. The maximum Gasteiger partial charge on any atom is 0.145 e. The number of nitrogens with zero attached hydrogens (tertiary/aromatic N) is 2. The lowest BCUT2D eigenvalue weighted by atomic mass is 9.97. The molecule has 0 spiro atoms. The van der Waals surface area contributed by atoms with Gasteiger partial charge in [-0.3, -0.25) is 0 Å². The summed E-state index contributed by atoms with van der Waals surface area (Å²) in [5.41, 5.74) is 12.9. The van der Waals surface area contributed by atoms with Gasteiger partial charge in [-0.25, -0.2) is 0 Å². The zero-order valence-corrected chi connectivity index (χ0v) is 32.2. The number of para-hydroxylation sites is 6. The fourth-order valence-electron chi connectivity index (χ4n) is 9.08. The molecule has 0 saturated carbocycles. The van der Waals surface area contributed by atoms with Crippen molar-refractivity contribution in [3.63, 3.8) is 0 Å². The number of hydrogen-bond acceptors (Lipinski definition) is 3. The van der Waals surface area contributed by atoms with Crippen molar-refractivity contribution in [1.29, 1.82) is 0 Å². The second-order valence-corrected chi connectivity index (χ2v) is 15.9. The summed E-state index contributed by atoms with van der Waals surface area (Å²) >= 11 is 1.85. The number of thiophene rings is 1. The molecule has 3 heterocycles. The van der Waals surface area contributed by atoms with Gasteiger partial charge in [-0.15, -0.1) is 11.3 Å². The van der Waals surface area contributed by atoms with Gasteiger partial charge in [0, 0.05) is 58.7 Å². The molecule has 0 radical (unpaired) electrons. The monoisotopic (exact) mass is 758 g/mol. The molecule has 0 bridgehead atoms. The molecule has 9 aromatic carbocycles. The third-order valence-corrected chi connectivity index (χ3v) is 12.8. The van der Waals surface area contributed by atoms with Crippen LogP contribution in [0.25, 0.3) is 91.9 Å². The van der Waals surface area contributed by atoms with E-state index in [1.807, 2.05) is 11.3 Å². The minimum Gasteiger partial charge on any atom is -0.455 e. The Labute approximate surface area is 338 Å². The molecule has 0 amide bonds. The Morgan fingerprint density at radius 1 is 0.414 bits per heavy atom. The first-order valence-electron chi connectivity index (χ1n) is 19.7. The summed E-state index contributed by atoms with van der Waals surface area (Å²) in [4.78, 5) is 2.41. The quantitative estimate of drug-likeness (QED) is 0.168. The van der Waals surface area contributed by atoms with Gasteiger partial charge in [-0.05, 0) is 78.4 Å². The van der Waals surface area contributed by atoms with E-state index in [1.165, 1.54) is 47.5 Å². The van der Waals surface area contributed by atoms with E-state index in [1.54, 1.807) is 0 Å². The van der Waals surface area contributed by atoms with Gasteiger partial charge in [0.25, 0.3) is 0 Å². The Balaban J connectivity index is 1.12. The standard InChI is InChI=1S/C54H34N2OS/c1-2-16-36(17-3-1)55(45-24-10-4-18-37(45)35-30-33-52-44(34-35)41-22-9-15-29-51(41)58-52)49-32-31-42(54-53(49)43-23-8-14-28-50(43)57-54)40-21-7-13-27-48(40)56-46-25-11-5-19-38(46)39-20-6-12-26-47(39)56/h1-34H. The number of furan rings is 1. The van der Waals surface area contributed by atoms with Crippen molar-refractivity contribution in [2.75, 3.05) is 4.90 Å². The highest BCUT2D eigenvalue weighted by Crippen LogP contribution is 2.49. The Morgan fingerprint density at radius 3 is 1.84 bits per heavy atom. The maximum absolute atomic E-state index is 7.01. The van der Waals surface area contributed by atoms with Gasteiger partial charge in [0.15, 0.2) is 0 Å². The molecule has 272 valence electrons. The molecule has 12 aromatic rings. The van der Waals surface area contributed by atoms with E-state index >= 15 is 0 Å². The molecule has 0 atom stereocenters. The van der Waals surface area contributed by atoms with Crippen LogP contribution >= 0.6 is 11.3 Å². The summed E-state index contributed by atoms with van der Waals surface area (Å²) in [6, 6.07) is 74.3. The molecule has 0 unspecified atom stereocenters. The Hall–Kier alpha value is -7.40. The number of aromatic nitrogens is 1. The van der Waals surface area contributed by atoms with Gasteiger partial charge in [0.2, 0.25) is 0 Å².